The number of hydrogen-bond acceptors (Lipinski definition) is 8. The molecule has 0 saturated heterocycles. The molecule has 2 amide bonds. The predicted octanol–water partition coefficient (Wildman–Crippen LogP) is 3.18. The van der Waals surface area contributed by atoms with Crippen LogP contribution in [0.2, 0.25) is 0 Å². The monoisotopic (exact) mass is 514 g/mol. The minimum Gasteiger partial charge on any atom is -0.508 e. The Morgan fingerprint density at radius 3 is 2.11 bits per heavy atom. The molecule has 1 unspecified atom stereocenters. The van der Waals surface area contributed by atoms with E-state index in [9.17, 15) is 14.7 Å². The Morgan fingerprint density at radius 2 is 1.53 bits per heavy atom. The Morgan fingerprint density at radius 1 is 0.895 bits per heavy atom. The minimum atomic E-state index is -0.785. The summed E-state index contributed by atoms with van der Waals surface area (Å²) in [6.45, 7) is 0.698. The number of aromatic nitrogens is 2. The number of aromatic hydroxyl groups is 1. The summed E-state index contributed by atoms with van der Waals surface area (Å²) in [5.74, 6) is -0.756. The largest absolute Gasteiger partial charge is 0.508 e. The van der Waals surface area contributed by atoms with Gasteiger partial charge in [0.2, 0.25) is 11.8 Å². The number of carbonyl (C=O) groups is 2. The van der Waals surface area contributed by atoms with Gasteiger partial charge in [0.1, 0.15) is 11.8 Å². The van der Waals surface area contributed by atoms with Crippen LogP contribution < -0.4 is 21.7 Å². The van der Waals surface area contributed by atoms with Crippen molar-refractivity contribution >= 4 is 23.8 Å². The molecule has 1 atom stereocenters. The maximum atomic E-state index is 13.6. The molecular weight excluding hydrogens is 484 g/mol. The Kier molecular flexibility index (Phi) is 8.90. The second-order valence-corrected chi connectivity index (χ2v) is 8.73. The molecule has 38 heavy (non-hydrogen) atoms. The lowest BCUT2D eigenvalue weighted by Crippen LogP contribution is -2.48. The van der Waals surface area contributed by atoms with Crippen molar-refractivity contribution in [3.8, 4) is 5.75 Å². The topological polar surface area (TPSA) is 155 Å². The quantitative estimate of drug-likeness (QED) is 0.181. The van der Waals surface area contributed by atoms with Crippen LogP contribution in [0, 0.1) is 0 Å². The van der Waals surface area contributed by atoms with Crippen molar-refractivity contribution in [3.05, 3.63) is 102 Å². The van der Waals surface area contributed by atoms with Crippen LogP contribution in [0.1, 0.15) is 35.4 Å². The molecule has 4 aromatic rings. The van der Waals surface area contributed by atoms with E-state index < -0.39 is 12.0 Å². The van der Waals surface area contributed by atoms with Gasteiger partial charge in [-0.1, -0.05) is 72.8 Å². The van der Waals surface area contributed by atoms with Crippen LogP contribution in [-0.4, -0.2) is 39.6 Å². The fourth-order valence-electron chi connectivity index (χ4n) is 4.05. The third-order valence-corrected chi connectivity index (χ3v) is 5.96. The first-order valence-electron chi connectivity index (χ1n) is 12.3. The molecule has 0 spiro atoms. The zero-order valence-electron chi connectivity index (χ0n) is 20.7. The molecule has 0 aliphatic rings. The number of amides is 2. The average molecular weight is 515 g/mol. The van der Waals surface area contributed by atoms with E-state index >= 15 is 0 Å². The standard InChI is InChI=1S/C28H30N6O4/c29-27-33-28(34-38-27)30-17-7-12-23(25(36)31-18-19-13-15-22(35)16-14-19)32-26(37)24(20-8-3-1-4-9-20)21-10-5-2-6-11-21/h1-6,8-11,13-16,23-24,35H,7,12,17-18H2,(H,31,36)(H,32,37)(H3,29,30,33,34). The molecule has 1 aromatic heterocycles. The minimum absolute atomic E-state index is 0.0425. The van der Waals surface area contributed by atoms with Crippen molar-refractivity contribution in [2.24, 2.45) is 0 Å². The van der Waals surface area contributed by atoms with Crippen molar-refractivity contribution in [1.29, 1.82) is 0 Å². The summed E-state index contributed by atoms with van der Waals surface area (Å²) >= 11 is 0. The van der Waals surface area contributed by atoms with Crippen LogP contribution in [0.5, 0.6) is 5.75 Å². The lowest BCUT2D eigenvalue weighted by atomic mass is 9.90. The zero-order chi connectivity index (χ0) is 26.7. The van der Waals surface area contributed by atoms with Crippen LogP contribution in [-0.2, 0) is 16.1 Å². The van der Waals surface area contributed by atoms with Gasteiger partial charge in [-0.15, -0.1) is 0 Å². The SMILES string of the molecule is Nc1nc(NCCCC(NC(=O)C(c2ccccc2)c2ccccc2)C(=O)NCc2ccc(O)cc2)no1. The highest BCUT2D eigenvalue weighted by Crippen LogP contribution is 2.25. The number of phenolic OH excluding ortho intramolecular Hbond substituents is 1. The summed E-state index contributed by atoms with van der Waals surface area (Å²) in [5, 5.41) is 22.0. The normalized spacial score (nSPS) is 11.6. The van der Waals surface area contributed by atoms with Gasteiger partial charge in [0.25, 0.3) is 5.95 Å². The van der Waals surface area contributed by atoms with Gasteiger partial charge in [-0.05, 0) is 46.8 Å². The Labute approximate surface area is 220 Å². The maximum absolute atomic E-state index is 13.6. The van der Waals surface area contributed by atoms with Crippen LogP contribution in [0.25, 0.3) is 0 Å². The average Bonchev–Trinajstić information content (AvgIpc) is 3.36. The van der Waals surface area contributed by atoms with Crippen molar-refractivity contribution in [2.75, 3.05) is 17.6 Å². The molecule has 4 rings (SSSR count). The second-order valence-electron chi connectivity index (χ2n) is 8.73. The molecule has 10 heteroatoms. The lowest BCUT2D eigenvalue weighted by molar-refractivity contribution is -0.129. The number of nitrogens with one attached hydrogen (secondary N) is 3. The number of phenols is 1. The van der Waals surface area contributed by atoms with Crippen LogP contribution in [0.15, 0.2) is 89.5 Å². The molecule has 1 heterocycles. The molecule has 0 fully saturated rings. The summed E-state index contributed by atoms with van der Waals surface area (Å²) in [6, 6.07) is 24.7. The van der Waals surface area contributed by atoms with Crippen LogP contribution in [0.4, 0.5) is 12.0 Å². The highest BCUT2D eigenvalue weighted by molar-refractivity contribution is 5.92. The Bertz CT molecular complexity index is 1270. The van der Waals surface area contributed by atoms with Crippen molar-refractivity contribution in [1.82, 2.24) is 20.8 Å². The predicted molar refractivity (Wildman–Crippen MR) is 143 cm³/mol. The van der Waals surface area contributed by atoms with E-state index in [2.05, 4.69) is 26.1 Å². The molecule has 0 aliphatic heterocycles. The van der Waals surface area contributed by atoms with Crippen LogP contribution in [0.3, 0.4) is 0 Å². The van der Waals surface area contributed by atoms with E-state index in [1.165, 1.54) is 0 Å². The molecule has 10 nitrogen and oxygen atoms in total. The Balaban J connectivity index is 1.46. The highest BCUT2D eigenvalue weighted by atomic mass is 16.5. The lowest BCUT2D eigenvalue weighted by Gasteiger charge is -2.23. The fraction of sp³-hybridized carbons (Fsp3) is 0.214. The summed E-state index contributed by atoms with van der Waals surface area (Å²) in [5.41, 5.74) is 7.93. The van der Waals surface area contributed by atoms with E-state index in [0.29, 0.717) is 19.4 Å². The van der Waals surface area contributed by atoms with Gasteiger partial charge in [0, 0.05) is 13.1 Å². The number of rotatable bonds is 12. The first-order valence-corrected chi connectivity index (χ1v) is 12.3. The van der Waals surface area contributed by atoms with E-state index in [0.717, 1.165) is 16.7 Å². The number of anilines is 2. The van der Waals surface area contributed by atoms with Gasteiger partial charge in [-0.2, -0.15) is 4.98 Å². The zero-order valence-corrected chi connectivity index (χ0v) is 20.7. The third kappa shape index (κ3) is 7.33. The first kappa shape index (κ1) is 26.2. The molecule has 0 radical (unpaired) electrons. The fourth-order valence-corrected chi connectivity index (χ4v) is 4.05. The van der Waals surface area contributed by atoms with Gasteiger partial charge < -0.3 is 31.3 Å². The smallest absolute Gasteiger partial charge is 0.320 e. The molecule has 0 saturated carbocycles. The van der Waals surface area contributed by atoms with Crippen LogP contribution >= 0.6 is 0 Å². The van der Waals surface area contributed by atoms with Crippen molar-refractivity contribution < 1.29 is 19.2 Å². The summed E-state index contributed by atoms with van der Waals surface area (Å²) in [4.78, 5) is 30.8. The highest BCUT2D eigenvalue weighted by Gasteiger charge is 2.27. The molecule has 196 valence electrons. The van der Waals surface area contributed by atoms with E-state index in [1.807, 2.05) is 60.7 Å². The number of benzene rings is 3. The van der Waals surface area contributed by atoms with Gasteiger partial charge >= 0.3 is 6.01 Å². The van der Waals surface area contributed by atoms with Gasteiger partial charge in [0.15, 0.2) is 0 Å². The van der Waals surface area contributed by atoms with E-state index in [1.54, 1.807) is 24.3 Å². The molecule has 6 N–H and O–H groups in total. The van der Waals surface area contributed by atoms with Gasteiger partial charge in [-0.3, -0.25) is 9.59 Å². The molecule has 0 aliphatic carbocycles. The molecule has 0 bridgehead atoms. The van der Waals surface area contributed by atoms with E-state index in [-0.39, 0.29) is 36.1 Å². The number of nitrogens with two attached hydrogens (primary N) is 1. The van der Waals surface area contributed by atoms with Gasteiger partial charge in [-0.25, -0.2) is 0 Å². The van der Waals surface area contributed by atoms with Crippen molar-refractivity contribution in [2.45, 2.75) is 31.3 Å². The van der Waals surface area contributed by atoms with Gasteiger partial charge in [0.05, 0.1) is 5.92 Å². The maximum Gasteiger partial charge on any atom is 0.320 e. The molecule has 3 aromatic carbocycles. The third-order valence-electron chi connectivity index (χ3n) is 5.96. The Hall–Kier alpha value is -4.86. The summed E-state index contributed by atoms with van der Waals surface area (Å²) in [7, 11) is 0. The van der Waals surface area contributed by atoms with E-state index in [4.69, 9.17) is 10.3 Å². The first-order chi connectivity index (χ1) is 18.5. The number of nitrogen functional groups attached to an aromatic ring is 1. The van der Waals surface area contributed by atoms with Crippen molar-refractivity contribution in [3.63, 3.8) is 0 Å². The number of nitrogens with zero attached hydrogens (tertiary/aromatic N) is 2. The summed E-state index contributed by atoms with van der Waals surface area (Å²) < 4.78 is 4.74. The number of carbonyl (C=O) groups excluding carboxylic acids is 2. The number of hydrogen-bond donors (Lipinski definition) is 5. The summed E-state index contributed by atoms with van der Waals surface area (Å²) in [6.07, 6.45) is 0.900. The second kappa shape index (κ2) is 12.9. The molecular formula is C28H30N6O4.